The molecule has 144 valence electrons. The molecule has 0 spiro atoms. The van der Waals surface area contributed by atoms with E-state index in [0.29, 0.717) is 23.6 Å². The van der Waals surface area contributed by atoms with Crippen LogP contribution in [0.3, 0.4) is 0 Å². The quantitative estimate of drug-likeness (QED) is 0.677. The molecule has 6 heteroatoms. The Bertz CT molecular complexity index is 964. The first kappa shape index (κ1) is 18.2. The van der Waals surface area contributed by atoms with Gasteiger partial charge in [0, 0.05) is 25.9 Å². The van der Waals surface area contributed by atoms with Gasteiger partial charge >= 0.3 is 0 Å². The van der Waals surface area contributed by atoms with E-state index in [1.807, 2.05) is 24.3 Å². The van der Waals surface area contributed by atoms with Crippen molar-refractivity contribution in [2.75, 3.05) is 23.3 Å². The molecule has 1 aliphatic rings. The molecule has 1 N–H and O–H groups in total. The third-order valence-corrected chi connectivity index (χ3v) is 4.88. The minimum Gasteiger partial charge on any atom is -0.441 e. The van der Waals surface area contributed by atoms with Gasteiger partial charge in [-0.05, 0) is 37.1 Å². The third-order valence-electron chi connectivity index (χ3n) is 4.88. The lowest BCUT2D eigenvalue weighted by Gasteiger charge is -2.21. The van der Waals surface area contributed by atoms with E-state index in [1.54, 1.807) is 18.2 Å². The topological polar surface area (TPSA) is 58.4 Å². The van der Waals surface area contributed by atoms with Crippen molar-refractivity contribution in [1.82, 2.24) is 4.98 Å². The van der Waals surface area contributed by atoms with Gasteiger partial charge in [0.25, 0.3) is 0 Å². The van der Waals surface area contributed by atoms with E-state index in [4.69, 9.17) is 4.42 Å². The lowest BCUT2D eigenvalue weighted by molar-refractivity contribution is -0.116. The van der Waals surface area contributed by atoms with Gasteiger partial charge in [-0.15, -0.1) is 0 Å². The number of aromatic nitrogens is 1. The molecule has 0 aliphatic carbocycles. The minimum absolute atomic E-state index is 0.0997. The molecule has 1 fully saturated rings. The smallest absolute Gasteiger partial charge is 0.224 e. The first-order valence-corrected chi connectivity index (χ1v) is 9.54. The predicted molar refractivity (Wildman–Crippen MR) is 107 cm³/mol. The SMILES string of the molecule is O=C(CCc1ncc(-c2ccccc2F)o1)Nc1ccccc1N1CCCC1. The van der Waals surface area contributed by atoms with Crippen molar-refractivity contribution in [3.63, 3.8) is 0 Å². The first-order chi connectivity index (χ1) is 13.7. The molecule has 0 atom stereocenters. The largest absolute Gasteiger partial charge is 0.441 e. The zero-order valence-electron chi connectivity index (χ0n) is 15.5. The van der Waals surface area contributed by atoms with Crippen molar-refractivity contribution in [2.24, 2.45) is 0 Å². The van der Waals surface area contributed by atoms with E-state index in [9.17, 15) is 9.18 Å². The number of anilines is 2. The molecule has 3 aromatic rings. The Balaban J connectivity index is 1.38. The number of benzene rings is 2. The van der Waals surface area contributed by atoms with Crippen molar-refractivity contribution in [3.05, 3.63) is 66.4 Å². The van der Waals surface area contributed by atoms with Crippen LogP contribution in [0.2, 0.25) is 0 Å². The van der Waals surface area contributed by atoms with Gasteiger partial charge in [0.05, 0.1) is 23.1 Å². The second kappa shape index (κ2) is 8.25. The van der Waals surface area contributed by atoms with Crippen LogP contribution in [0.1, 0.15) is 25.2 Å². The number of amides is 1. The average Bonchev–Trinajstić information content (AvgIpc) is 3.39. The number of carbonyl (C=O) groups excluding carboxylic acids is 1. The Morgan fingerprint density at radius 3 is 2.68 bits per heavy atom. The number of para-hydroxylation sites is 2. The Kier molecular flexibility index (Phi) is 5.37. The van der Waals surface area contributed by atoms with Crippen molar-refractivity contribution in [3.8, 4) is 11.3 Å². The summed E-state index contributed by atoms with van der Waals surface area (Å²) in [6.45, 7) is 2.03. The van der Waals surface area contributed by atoms with Crippen LogP contribution in [0, 0.1) is 5.82 Å². The second-order valence-electron chi connectivity index (χ2n) is 6.86. The average molecular weight is 379 g/mol. The fourth-order valence-electron chi connectivity index (χ4n) is 3.46. The fraction of sp³-hybridized carbons (Fsp3) is 0.273. The molecule has 0 bridgehead atoms. The summed E-state index contributed by atoms with van der Waals surface area (Å²) < 4.78 is 19.5. The van der Waals surface area contributed by atoms with E-state index in [0.717, 1.165) is 24.5 Å². The highest BCUT2D eigenvalue weighted by Gasteiger charge is 2.17. The number of hydrogen-bond acceptors (Lipinski definition) is 4. The summed E-state index contributed by atoms with van der Waals surface area (Å²) in [5.74, 6) is 0.327. The molecule has 5 nitrogen and oxygen atoms in total. The Morgan fingerprint density at radius 1 is 1.11 bits per heavy atom. The van der Waals surface area contributed by atoms with Crippen molar-refractivity contribution in [1.29, 1.82) is 0 Å². The first-order valence-electron chi connectivity index (χ1n) is 9.54. The molecule has 1 aromatic heterocycles. The fourth-order valence-corrected chi connectivity index (χ4v) is 3.46. The zero-order valence-corrected chi connectivity index (χ0v) is 15.5. The van der Waals surface area contributed by atoms with Crippen LogP contribution in [0.4, 0.5) is 15.8 Å². The molecule has 1 aliphatic heterocycles. The van der Waals surface area contributed by atoms with Crippen molar-refractivity contribution < 1.29 is 13.6 Å². The standard InChI is InChI=1S/C22H22FN3O2/c23-17-8-2-1-7-16(17)20-15-24-22(28-20)12-11-21(27)25-18-9-3-4-10-19(18)26-13-5-6-14-26/h1-4,7-10,15H,5-6,11-14H2,(H,25,27). The maximum atomic E-state index is 13.9. The number of carbonyl (C=O) groups is 1. The minimum atomic E-state index is -0.360. The maximum absolute atomic E-state index is 13.9. The van der Waals surface area contributed by atoms with Gasteiger partial charge in [0.1, 0.15) is 5.82 Å². The number of hydrogen-bond donors (Lipinski definition) is 1. The molecule has 28 heavy (non-hydrogen) atoms. The van der Waals surface area contributed by atoms with Gasteiger partial charge in [-0.2, -0.15) is 0 Å². The summed E-state index contributed by atoms with van der Waals surface area (Å²) in [7, 11) is 0. The van der Waals surface area contributed by atoms with Crippen LogP contribution in [0.25, 0.3) is 11.3 Å². The lowest BCUT2D eigenvalue weighted by atomic mass is 10.2. The van der Waals surface area contributed by atoms with Crippen LogP contribution < -0.4 is 10.2 Å². The number of oxazole rings is 1. The van der Waals surface area contributed by atoms with Gasteiger partial charge in [0.15, 0.2) is 11.7 Å². The second-order valence-corrected chi connectivity index (χ2v) is 6.86. The number of aryl methyl sites for hydroxylation is 1. The summed E-state index contributed by atoms with van der Waals surface area (Å²) >= 11 is 0. The van der Waals surface area contributed by atoms with Crippen LogP contribution >= 0.6 is 0 Å². The molecule has 4 rings (SSSR count). The van der Waals surface area contributed by atoms with E-state index >= 15 is 0 Å². The highest BCUT2D eigenvalue weighted by Crippen LogP contribution is 2.29. The Morgan fingerprint density at radius 2 is 1.86 bits per heavy atom. The molecule has 0 saturated carbocycles. The van der Waals surface area contributed by atoms with Gasteiger partial charge in [-0.3, -0.25) is 4.79 Å². The van der Waals surface area contributed by atoms with Gasteiger partial charge in [0.2, 0.25) is 5.91 Å². The normalized spacial score (nSPS) is 13.7. The molecule has 2 aromatic carbocycles. The summed E-state index contributed by atoms with van der Waals surface area (Å²) in [6, 6.07) is 14.3. The van der Waals surface area contributed by atoms with Crippen molar-refractivity contribution >= 4 is 17.3 Å². The highest BCUT2D eigenvalue weighted by atomic mass is 19.1. The summed E-state index contributed by atoms with van der Waals surface area (Å²) in [6.07, 6.45) is 4.44. The predicted octanol–water partition coefficient (Wildman–Crippen LogP) is 4.65. The van der Waals surface area contributed by atoms with Crippen LogP contribution in [0.5, 0.6) is 0 Å². The van der Waals surface area contributed by atoms with Gasteiger partial charge < -0.3 is 14.6 Å². The number of rotatable bonds is 6. The van der Waals surface area contributed by atoms with E-state index in [1.165, 1.54) is 25.1 Å². The van der Waals surface area contributed by atoms with Crippen LogP contribution in [-0.2, 0) is 11.2 Å². The number of nitrogens with one attached hydrogen (secondary N) is 1. The van der Waals surface area contributed by atoms with E-state index in [2.05, 4.69) is 15.2 Å². The highest BCUT2D eigenvalue weighted by molar-refractivity contribution is 5.94. The Hall–Kier alpha value is -3.15. The summed E-state index contributed by atoms with van der Waals surface area (Å²) in [4.78, 5) is 18.9. The van der Waals surface area contributed by atoms with Crippen LogP contribution in [-0.4, -0.2) is 24.0 Å². The maximum Gasteiger partial charge on any atom is 0.224 e. The van der Waals surface area contributed by atoms with Gasteiger partial charge in [-0.1, -0.05) is 24.3 Å². The monoisotopic (exact) mass is 379 g/mol. The Labute approximate surface area is 163 Å². The van der Waals surface area contributed by atoms with Crippen LogP contribution in [0.15, 0.2) is 59.1 Å². The molecule has 0 unspecified atom stereocenters. The molecule has 2 heterocycles. The molecule has 1 amide bonds. The summed E-state index contributed by atoms with van der Waals surface area (Å²) in [5, 5.41) is 3.00. The molecule has 1 saturated heterocycles. The molecular formula is C22H22FN3O2. The zero-order chi connectivity index (χ0) is 19.3. The number of halogens is 1. The molecular weight excluding hydrogens is 357 g/mol. The summed E-state index contributed by atoms with van der Waals surface area (Å²) in [5.41, 5.74) is 2.26. The van der Waals surface area contributed by atoms with Crippen molar-refractivity contribution in [2.45, 2.75) is 25.7 Å². The van der Waals surface area contributed by atoms with E-state index < -0.39 is 0 Å². The van der Waals surface area contributed by atoms with Gasteiger partial charge in [-0.25, -0.2) is 9.37 Å². The number of nitrogens with zero attached hydrogens (tertiary/aromatic N) is 2. The molecule has 0 radical (unpaired) electrons. The van der Waals surface area contributed by atoms with E-state index in [-0.39, 0.29) is 18.1 Å². The lowest BCUT2D eigenvalue weighted by Crippen LogP contribution is -2.21. The third kappa shape index (κ3) is 4.06.